The van der Waals surface area contributed by atoms with Gasteiger partial charge in [0.05, 0.1) is 30.3 Å². The van der Waals surface area contributed by atoms with E-state index in [2.05, 4.69) is 22.0 Å². The van der Waals surface area contributed by atoms with E-state index in [1.54, 1.807) is 32.4 Å². The highest BCUT2D eigenvalue weighted by Crippen LogP contribution is 2.27. The lowest BCUT2D eigenvalue weighted by molar-refractivity contribution is 0.303. The Kier molecular flexibility index (Phi) is 5.07. The summed E-state index contributed by atoms with van der Waals surface area (Å²) in [7, 11) is 3.18. The van der Waals surface area contributed by atoms with E-state index in [1.165, 1.54) is 0 Å². The fourth-order valence-electron chi connectivity index (χ4n) is 1.80. The van der Waals surface area contributed by atoms with E-state index in [9.17, 15) is 0 Å². The SMILES string of the molecule is COc1cc(C#N)cc(OCc2ccc(OC)c(Br)c2)c1. The van der Waals surface area contributed by atoms with Crippen LogP contribution in [0, 0.1) is 11.3 Å². The number of nitrogens with zero attached hydrogens (tertiary/aromatic N) is 1. The number of halogens is 1. The van der Waals surface area contributed by atoms with Gasteiger partial charge < -0.3 is 14.2 Å². The molecule has 2 aromatic rings. The molecule has 21 heavy (non-hydrogen) atoms. The number of methoxy groups -OCH3 is 2. The van der Waals surface area contributed by atoms with E-state index >= 15 is 0 Å². The van der Waals surface area contributed by atoms with Gasteiger partial charge in [-0.1, -0.05) is 6.07 Å². The zero-order valence-corrected chi connectivity index (χ0v) is 13.3. The van der Waals surface area contributed by atoms with Gasteiger partial charge in [-0.05, 0) is 45.8 Å². The first-order valence-electron chi connectivity index (χ1n) is 6.20. The van der Waals surface area contributed by atoms with E-state index in [0.717, 1.165) is 15.8 Å². The number of ether oxygens (including phenoxy) is 3. The van der Waals surface area contributed by atoms with Crippen LogP contribution in [0.4, 0.5) is 0 Å². The number of rotatable bonds is 5. The highest BCUT2D eigenvalue weighted by atomic mass is 79.9. The van der Waals surface area contributed by atoms with Crippen molar-refractivity contribution in [2.45, 2.75) is 6.61 Å². The van der Waals surface area contributed by atoms with E-state index in [4.69, 9.17) is 19.5 Å². The van der Waals surface area contributed by atoms with Crippen LogP contribution in [0.25, 0.3) is 0 Å². The highest BCUT2D eigenvalue weighted by Gasteiger charge is 2.05. The van der Waals surface area contributed by atoms with Gasteiger partial charge in [-0.15, -0.1) is 0 Å². The first kappa shape index (κ1) is 15.2. The first-order chi connectivity index (χ1) is 10.2. The molecule has 0 saturated heterocycles. The second kappa shape index (κ2) is 7.00. The lowest BCUT2D eigenvalue weighted by atomic mass is 10.2. The summed E-state index contributed by atoms with van der Waals surface area (Å²) in [4.78, 5) is 0. The Morgan fingerprint density at radius 1 is 1.05 bits per heavy atom. The van der Waals surface area contributed by atoms with Crippen molar-refractivity contribution in [2.24, 2.45) is 0 Å². The van der Waals surface area contributed by atoms with Crippen LogP contribution in [0.15, 0.2) is 40.9 Å². The fraction of sp³-hybridized carbons (Fsp3) is 0.188. The molecule has 5 heteroatoms. The summed E-state index contributed by atoms with van der Waals surface area (Å²) >= 11 is 3.44. The Morgan fingerprint density at radius 3 is 2.43 bits per heavy atom. The van der Waals surface area contributed by atoms with Gasteiger partial charge >= 0.3 is 0 Å². The third kappa shape index (κ3) is 3.89. The van der Waals surface area contributed by atoms with Gasteiger partial charge in [0, 0.05) is 6.07 Å². The molecule has 0 fully saturated rings. The van der Waals surface area contributed by atoms with Crippen molar-refractivity contribution in [3.63, 3.8) is 0 Å². The van der Waals surface area contributed by atoms with E-state index < -0.39 is 0 Å². The Bertz CT molecular complexity index is 680. The van der Waals surface area contributed by atoms with Gasteiger partial charge in [0.2, 0.25) is 0 Å². The number of benzene rings is 2. The van der Waals surface area contributed by atoms with Crippen LogP contribution in [0.1, 0.15) is 11.1 Å². The van der Waals surface area contributed by atoms with Crippen LogP contribution in [-0.4, -0.2) is 14.2 Å². The Morgan fingerprint density at radius 2 is 1.81 bits per heavy atom. The minimum absolute atomic E-state index is 0.390. The number of nitriles is 1. The molecule has 2 aromatic carbocycles. The summed E-state index contributed by atoms with van der Waals surface area (Å²) in [5.74, 6) is 1.96. The molecule has 0 atom stereocenters. The van der Waals surface area contributed by atoms with Gasteiger partial charge in [0.1, 0.15) is 23.9 Å². The molecule has 0 aliphatic heterocycles. The van der Waals surface area contributed by atoms with Crippen molar-refractivity contribution in [3.8, 4) is 23.3 Å². The quantitative estimate of drug-likeness (QED) is 0.822. The third-order valence-electron chi connectivity index (χ3n) is 2.87. The Labute approximate surface area is 132 Å². The van der Waals surface area contributed by atoms with Crippen LogP contribution in [0.5, 0.6) is 17.2 Å². The highest BCUT2D eigenvalue weighted by molar-refractivity contribution is 9.10. The fourth-order valence-corrected chi connectivity index (χ4v) is 2.39. The number of hydrogen-bond acceptors (Lipinski definition) is 4. The van der Waals surface area contributed by atoms with Gasteiger partial charge in [-0.3, -0.25) is 0 Å². The predicted octanol–water partition coefficient (Wildman–Crippen LogP) is 3.92. The molecule has 2 rings (SSSR count). The van der Waals surface area contributed by atoms with Crippen LogP contribution in [-0.2, 0) is 6.61 Å². The largest absolute Gasteiger partial charge is 0.497 e. The second-order valence-corrected chi connectivity index (χ2v) is 5.12. The first-order valence-corrected chi connectivity index (χ1v) is 7.00. The minimum Gasteiger partial charge on any atom is -0.497 e. The molecule has 0 N–H and O–H groups in total. The summed E-state index contributed by atoms with van der Waals surface area (Å²) < 4.78 is 16.9. The minimum atomic E-state index is 0.390. The maximum atomic E-state index is 8.98. The zero-order valence-electron chi connectivity index (χ0n) is 11.7. The van der Waals surface area contributed by atoms with Crippen LogP contribution in [0.3, 0.4) is 0 Å². The second-order valence-electron chi connectivity index (χ2n) is 4.27. The molecule has 0 unspecified atom stereocenters. The maximum Gasteiger partial charge on any atom is 0.133 e. The summed E-state index contributed by atoms with van der Waals surface area (Å²) in [6.07, 6.45) is 0. The topological polar surface area (TPSA) is 51.5 Å². The van der Waals surface area contributed by atoms with Crippen LogP contribution in [0.2, 0.25) is 0 Å². The van der Waals surface area contributed by atoms with E-state index in [-0.39, 0.29) is 0 Å². The Hall–Kier alpha value is -2.19. The van der Waals surface area contributed by atoms with Gasteiger partial charge in [-0.25, -0.2) is 0 Å². The van der Waals surface area contributed by atoms with Crippen molar-refractivity contribution in [3.05, 3.63) is 52.0 Å². The molecule has 0 saturated carbocycles. The monoisotopic (exact) mass is 347 g/mol. The van der Waals surface area contributed by atoms with Gasteiger partial charge in [-0.2, -0.15) is 5.26 Å². The molecule has 108 valence electrons. The molecular formula is C16H14BrNO3. The van der Waals surface area contributed by atoms with Crippen molar-refractivity contribution in [2.75, 3.05) is 14.2 Å². The van der Waals surface area contributed by atoms with Crippen LogP contribution < -0.4 is 14.2 Å². The molecular weight excluding hydrogens is 334 g/mol. The molecule has 4 nitrogen and oxygen atoms in total. The lowest BCUT2D eigenvalue weighted by Gasteiger charge is -2.10. The third-order valence-corrected chi connectivity index (χ3v) is 3.49. The average molecular weight is 348 g/mol. The maximum absolute atomic E-state index is 8.98. The molecule has 0 aliphatic rings. The predicted molar refractivity (Wildman–Crippen MR) is 82.7 cm³/mol. The normalized spacial score (nSPS) is 9.81. The molecule has 0 amide bonds. The van der Waals surface area contributed by atoms with Crippen molar-refractivity contribution in [1.82, 2.24) is 0 Å². The summed E-state index contributed by atoms with van der Waals surface area (Å²) in [5, 5.41) is 8.98. The molecule has 0 radical (unpaired) electrons. The standard InChI is InChI=1S/C16H14BrNO3/c1-19-13-5-12(9-18)6-14(8-13)21-10-11-3-4-16(20-2)15(17)7-11/h3-8H,10H2,1-2H3. The smallest absolute Gasteiger partial charge is 0.133 e. The van der Waals surface area contributed by atoms with Gasteiger partial charge in [0.25, 0.3) is 0 Å². The van der Waals surface area contributed by atoms with E-state index in [1.807, 2.05) is 18.2 Å². The summed E-state index contributed by atoms with van der Waals surface area (Å²) in [6, 6.07) is 12.9. The lowest BCUT2D eigenvalue weighted by Crippen LogP contribution is -1.97. The molecule has 0 spiro atoms. The van der Waals surface area contributed by atoms with Crippen molar-refractivity contribution in [1.29, 1.82) is 5.26 Å². The molecule has 0 bridgehead atoms. The number of hydrogen-bond donors (Lipinski definition) is 0. The Balaban J connectivity index is 2.13. The average Bonchev–Trinajstić information content (AvgIpc) is 2.52. The van der Waals surface area contributed by atoms with Crippen molar-refractivity contribution >= 4 is 15.9 Å². The van der Waals surface area contributed by atoms with Crippen molar-refractivity contribution < 1.29 is 14.2 Å². The summed E-state index contributed by atoms with van der Waals surface area (Å²) in [6.45, 7) is 0.390. The van der Waals surface area contributed by atoms with E-state index in [0.29, 0.717) is 23.7 Å². The molecule has 0 heterocycles. The van der Waals surface area contributed by atoms with Crippen LogP contribution >= 0.6 is 15.9 Å². The summed E-state index contributed by atoms with van der Waals surface area (Å²) in [5.41, 5.74) is 1.49. The molecule has 0 aliphatic carbocycles. The van der Waals surface area contributed by atoms with Gasteiger partial charge in [0.15, 0.2) is 0 Å². The molecule has 0 aromatic heterocycles. The zero-order chi connectivity index (χ0) is 15.2.